The first kappa shape index (κ1) is 14.1. The summed E-state index contributed by atoms with van der Waals surface area (Å²) in [7, 11) is 1.35. The van der Waals surface area contributed by atoms with E-state index in [0.29, 0.717) is 11.1 Å². The Bertz CT molecular complexity index is 817. The van der Waals surface area contributed by atoms with Gasteiger partial charge in [0, 0.05) is 12.6 Å². The number of hydrogen-bond acceptors (Lipinski definition) is 4. The Kier molecular flexibility index (Phi) is 3.77. The van der Waals surface area contributed by atoms with Crippen molar-refractivity contribution in [1.82, 2.24) is 9.13 Å². The van der Waals surface area contributed by atoms with E-state index in [4.69, 9.17) is 5.26 Å². The lowest BCUT2D eigenvalue weighted by atomic mass is 10.1. The van der Waals surface area contributed by atoms with E-state index in [2.05, 4.69) is 15.9 Å². The molecule has 20 heavy (non-hydrogen) atoms. The van der Waals surface area contributed by atoms with Crippen LogP contribution >= 0.6 is 15.9 Å². The molecular formula is C13H10BrN3O3. The van der Waals surface area contributed by atoms with E-state index in [-0.39, 0.29) is 0 Å². The zero-order valence-corrected chi connectivity index (χ0v) is 12.0. The van der Waals surface area contributed by atoms with Crippen molar-refractivity contribution < 1.29 is 5.11 Å². The number of aromatic hydroxyl groups is 1. The van der Waals surface area contributed by atoms with Gasteiger partial charge in [0.25, 0.3) is 5.56 Å². The summed E-state index contributed by atoms with van der Waals surface area (Å²) in [6.07, 6.45) is 0. The molecule has 2 aromatic rings. The van der Waals surface area contributed by atoms with Crippen LogP contribution in [0.4, 0.5) is 0 Å². The molecule has 0 aliphatic carbocycles. The van der Waals surface area contributed by atoms with Gasteiger partial charge >= 0.3 is 5.69 Å². The van der Waals surface area contributed by atoms with Crippen LogP contribution < -0.4 is 11.2 Å². The molecule has 6 nitrogen and oxygen atoms in total. The highest BCUT2D eigenvalue weighted by atomic mass is 79.9. The Morgan fingerprint density at radius 3 is 2.65 bits per heavy atom. The smallest absolute Gasteiger partial charge is 0.334 e. The summed E-state index contributed by atoms with van der Waals surface area (Å²) in [6, 6.07) is 9.61. The lowest BCUT2D eigenvalue weighted by Gasteiger charge is -2.15. The molecule has 0 fully saturated rings. The van der Waals surface area contributed by atoms with Gasteiger partial charge in [0.05, 0.1) is 17.7 Å². The Labute approximate surface area is 122 Å². The molecule has 1 aromatic carbocycles. The van der Waals surface area contributed by atoms with Crippen molar-refractivity contribution >= 4 is 15.9 Å². The lowest BCUT2D eigenvalue weighted by molar-refractivity contribution is 0.409. The highest BCUT2D eigenvalue weighted by Crippen LogP contribution is 2.25. The summed E-state index contributed by atoms with van der Waals surface area (Å²) in [5, 5.41) is 18.5. The Morgan fingerprint density at radius 2 is 2.00 bits per heavy atom. The Hall–Kier alpha value is -2.33. The normalized spacial score (nSPS) is 11.8. The highest BCUT2D eigenvalue weighted by Gasteiger charge is 2.19. The number of halogens is 1. The third kappa shape index (κ3) is 2.26. The number of alkyl halides is 1. The summed E-state index contributed by atoms with van der Waals surface area (Å²) in [5.74, 6) is -0.412. The van der Waals surface area contributed by atoms with Crippen LogP contribution in [0.1, 0.15) is 16.1 Å². The van der Waals surface area contributed by atoms with Crippen LogP contribution in [0.5, 0.6) is 5.88 Å². The van der Waals surface area contributed by atoms with E-state index in [1.807, 2.05) is 6.07 Å². The molecule has 1 aromatic heterocycles. The zero-order chi connectivity index (χ0) is 14.9. The molecule has 0 aliphatic rings. The van der Waals surface area contributed by atoms with Gasteiger partial charge in [0.15, 0.2) is 5.88 Å². The maximum absolute atomic E-state index is 12.1. The maximum Gasteiger partial charge on any atom is 0.334 e. The van der Waals surface area contributed by atoms with Crippen LogP contribution in [0.25, 0.3) is 0 Å². The Balaban J connectivity index is 2.70. The van der Waals surface area contributed by atoms with Gasteiger partial charge in [-0.2, -0.15) is 5.26 Å². The van der Waals surface area contributed by atoms with E-state index in [9.17, 15) is 14.7 Å². The van der Waals surface area contributed by atoms with Crippen LogP contribution in [-0.4, -0.2) is 14.2 Å². The monoisotopic (exact) mass is 335 g/mol. The van der Waals surface area contributed by atoms with Crippen molar-refractivity contribution in [2.75, 3.05) is 0 Å². The number of hydrogen-bond donors (Lipinski definition) is 1. The lowest BCUT2D eigenvalue weighted by Crippen LogP contribution is -2.39. The number of benzene rings is 1. The molecule has 1 heterocycles. The molecule has 0 amide bonds. The molecule has 7 heteroatoms. The first-order chi connectivity index (χ1) is 9.47. The summed E-state index contributed by atoms with van der Waals surface area (Å²) < 4.78 is 1.88. The highest BCUT2D eigenvalue weighted by molar-refractivity contribution is 9.09. The molecule has 0 aliphatic heterocycles. The molecule has 0 saturated heterocycles. The van der Waals surface area contributed by atoms with Gasteiger partial charge in [0.1, 0.15) is 4.95 Å². The summed E-state index contributed by atoms with van der Waals surface area (Å²) >= 11 is 3.26. The summed E-state index contributed by atoms with van der Waals surface area (Å²) in [6.45, 7) is 0. The van der Waals surface area contributed by atoms with Gasteiger partial charge in [-0.25, -0.2) is 9.36 Å². The van der Waals surface area contributed by atoms with Gasteiger partial charge in [-0.15, -0.1) is 0 Å². The molecule has 102 valence electrons. The van der Waals surface area contributed by atoms with Crippen molar-refractivity contribution in [3.8, 4) is 11.9 Å². The third-order valence-corrected chi connectivity index (χ3v) is 3.79. The topological polar surface area (TPSA) is 88.0 Å². The van der Waals surface area contributed by atoms with Gasteiger partial charge in [-0.05, 0) is 6.07 Å². The van der Waals surface area contributed by atoms with Crippen LogP contribution in [0, 0.1) is 11.3 Å². The molecule has 0 radical (unpaired) electrons. The standard InChI is InChI=1S/C13H10BrN3O3/c1-16-10(18)6-11(19)17(13(16)20)12(14)9-5-3-2-4-8(9)7-15/h2-6,12,18H,1H3. The van der Waals surface area contributed by atoms with Crippen molar-refractivity contribution in [2.24, 2.45) is 7.05 Å². The van der Waals surface area contributed by atoms with Crippen molar-refractivity contribution in [1.29, 1.82) is 5.26 Å². The SMILES string of the molecule is Cn1c(O)cc(=O)n(C(Br)c2ccccc2C#N)c1=O. The largest absolute Gasteiger partial charge is 0.494 e. The maximum atomic E-state index is 12.1. The minimum atomic E-state index is -0.787. The Morgan fingerprint density at radius 1 is 1.35 bits per heavy atom. The fraction of sp³-hybridized carbons (Fsp3) is 0.154. The predicted molar refractivity (Wildman–Crippen MR) is 75.8 cm³/mol. The number of rotatable bonds is 2. The first-order valence-corrected chi connectivity index (χ1v) is 6.53. The minimum absolute atomic E-state index is 0.358. The number of nitrogens with zero attached hydrogens (tertiary/aromatic N) is 3. The average molecular weight is 336 g/mol. The predicted octanol–water partition coefficient (Wildman–Crippen LogP) is 1.07. The van der Waals surface area contributed by atoms with E-state index in [1.54, 1.807) is 24.3 Å². The molecule has 0 bridgehead atoms. The van der Waals surface area contributed by atoms with Gasteiger partial charge < -0.3 is 5.11 Å². The molecule has 1 unspecified atom stereocenters. The number of aromatic nitrogens is 2. The second-order valence-corrected chi connectivity index (χ2v) is 4.95. The molecule has 1 atom stereocenters. The molecule has 2 rings (SSSR count). The van der Waals surface area contributed by atoms with Gasteiger partial charge in [-0.3, -0.25) is 9.36 Å². The molecule has 0 saturated carbocycles. The van der Waals surface area contributed by atoms with Gasteiger partial charge in [0.2, 0.25) is 0 Å². The van der Waals surface area contributed by atoms with E-state index in [0.717, 1.165) is 15.2 Å². The van der Waals surface area contributed by atoms with Gasteiger partial charge in [-0.1, -0.05) is 34.1 Å². The fourth-order valence-electron chi connectivity index (χ4n) is 1.78. The van der Waals surface area contributed by atoms with Crippen molar-refractivity contribution in [2.45, 2.75) is 4.95 Å². The van der Waals surface area contributed by atoms with Crippen LogP contribution in [0.15, 0.2) is 39.9 Å². The van der Waals surface area contributed by atoms with Crippen LogP contribution in [0.3, 0.4) is 0 Å². The minimum Gasteiger partial charge on any atom is -0.494 e. The second kappa shape index (κ2) is 5.35. The summed E-state index contributed by atoms with van der Waals surface area (Å²) in [5.41, 5.74) is -0.471. The quantitative estimate of drug-likeness (QED) is 0.831. The third-order valence-electron chi connectivity index (χ3n) is 2.89. The average Bonchev–Trinajstić information content (AvgIpc) is 2.44. The second-order valence-electron chi connectivity index (χ2n) is 4.09. The molecule has 0 spiro atoms. The first-order valence-electron chi connectivity index (χ1n) is 5.62. The van der Waals surface area contributed by atoms with Crippen LogP contribution in [-0.2, 0) is 7.05 Å². The molecular weight excluding hydrogens is 326 g/mol. The number of nitriles is 1. The summed E-state index contributed by atoms with van der Waals surface area (Å²) in [4.78, 5) is 23.2. The van der Waals surface area contributed by atoms with E-state index >= 15 is 0 Å². The fourth-order valence-corrected chi connectivity index (χ4v) is 2.56. The van der Waals surface area contributed by atoms with Crippen LogP contribution in [0.2, 0.25) is 0 Å². The van der Waals surface area contributed by atoms with E-state index < -0.39 is 22.1 Å². The zero-order valence-electron chi connectivity index (χ0n) is 10.4. The van der Waals surface area contributed by atoms with E-state index in [1.165, 1.54) is 7.05 Å². The van der Waals surface area contributed by atoms with Crippen molar-refractivity contribution in [3.05, 3.63) is 62.3 Å². The molecule has 1 N–H and O–H groups in total. The van der Waals surface area contributed by atoms with Crippen molar-refractivity contribution in [3.63, 3.8) is 0 Å².